The predicted molar refractivity (Wildman–Crippen MR) is 230 cm³/mol. The van der Waals surface area contributed by atoms with E-state index in [9.17, 15) is 0 Å². The van der Waals surface area contributed by atoms with Crippen molar-refractivity contribution in [3.63, 3.8) is 0 Å². The highest BCUT2D eigenvalue weighted by molar-refractivity contribution is 6.18. The summed E-state index contributed by atoms with van der Waals surface area (Å²) in [4.78, 5) is 15.1. The molecule has 0 fully saturated rings. The Balaban J connectivity index is 1.07. The zero-order valence-electron chi connectivity index (χ0n) is 30.4. The van der Waals surface area contributed by atoms with Gasteiger partial charge in [-0.15, -0.1) is 0 Å². The molecule has 0 atom stereocenters. The summed E-state index contributed by atoms with van der Waals surface area (Å²) in [6.07, 6.45) is 0. The Morgan fingerprint density at radius 3 is 1.70 bits per heavy atom. The highest BCUT2D eigenvalue weighted by Crippen LogP contribution is 2.42. The fraction of sp³-hybridized carbons (Fsp3) is 0. The molecule has 0 radical (unpaired) electrons. The molecule has 0 saturated heterocycles. The molecular weight excluding hydrogens is 701 g/mol. The number of hydrogen-bond donors (Lipinski definition) is 0. The summed E-state index contributed by atoms with van der Waals surface area (Å²) >= 11 is 0. The van der Waals surface area contributed by atoms with Crippen LogP contribution in [0, 0.1) is 0 Å². The van der Waals surface area contributed by atoms with E-state index in [0.717, 1.165) is 88.2 Å². The van der Waals surface area contributed by atoms with E-state index in [1.807, 2.05) is 78.9 Å². The van der Waals surface area contributed by atoms with Crippen molar-refractivity contribution in [2.45, 2.75) is 0 Å². The van der Waals surface area contributed by atoms with Crippen LogP contribution in [-0.2, 0) is 0 Å². The van der Waals surface area contributed by atoms with Gasteiger partial charge < -0.3 is 13.4 Å². The smallest absolute Gasteiger partial charge is 0.164 e. The van der Waals surface area contributed by atoms with Gasteiger partial charge in [-0.1, -0.05) is 127 Å². The quantitative estimate of drug-likeness (QED) is 0.176. The molecule has 4 heterocycles. The summed E-state index contributed by atoms with van der Waals surface area (Å²) in [7, 11) is 0. The van der Waals surface area contributed by atoms with E-state index in [1.54, 1.807) is 0 Å². The van der Waals surface area contributed by atoms with Crippen LogP contribution in [0.4, 0.5) is 0 Å². The van der Waals surface area contributed by atoms with E-state index in [1.165, 1.54) is 10.9 Å². The van der Waals surface area contributed by atoms with Crippen LogP contribution in [-0.4, -0.2) is 19.5 Å². The minimum absolute atomic E-state index is 0.584. The topological polar surface area (TPSA) is 69.9 Å². The van der Waals surface area contributed by atoms with Gasteiger partial charge in [-0.3, -0.25) is 0 Å². The maximum atomic E-state index is 6.55. The molecule has 0 amide bonds. The van der Waals surface area contributed by atoms with Crippen molar-refractivity contribution < 1.29 is 8.83 Å². The van der Waals surface area contributed by atoms with E-state index >= 15 is 0 Å². The van der Waals surface area contributed by atoms with E-state index in [0.29, 0.717) is 17.5 Å². The molecule has 57 heavy (non-hydrogen) atoms. The maximum Gasteiger partial charge on any atom is 0.164 e. The Hall–Kier alpha value is -7.83. The van der Waals surface area contributed by atoms with Crippen molar-refractivity contribution in [1.29, 1.82) is 0 Å². The van der Waals surface area contributed by atoms with Crippen LogP contribution in [0.3, 0.4) is 0 Å². The average Bonchev–Trinajstić information content (AvgIpc) is 3.94. The molecule has 6 nitrogen and oxygen atoms in total. The third kappa shape index (κ3) is 5.01. The summed E-state index contributed by atoms with van der Waals surface area (Å²) < 4.78 is 15.4. The molecule has 4 aromatic heterocycles. The second-order valence-corrected chi connectivity index (χ2v) is 14.4. The van der Waals surface area contributed by atoms with E-state index in [4.69, 9.17) is 23.8 Å². The van der Waals surface area contributed by atoms with Crippen LogP contribution >= 0.6 is 0 Å². The van der Waals surface area contributed by atoms with Crippen molar-refractivity contribution in [3.05, 3.63) is 182 Å². The Bertz CT molecular complexity index is 3450. The van der Waals surface area contributed by atoms with Gasteiger partial charge >= 0.3 is 0 Å². The standard InChI is InChI=1S/C51H30N4O2/c1-4-13-31(14-5-1)34-23-25-44-39(27-34)40-29-38-36-19-10-11-21-42(36)55(43(38)30-47(40)57-44)35-24-26-45-41(28-35)48-37(20-12-22-46(48)56-45)51-53-49(32-15-6-2-7-16-32)52-50(54-51)33-17-8-3-9-18-33/h1-30H. The number of benzene rings is 8. The fourth-order valence-electron chi connectivity index (χ4n) is 8.40. The van der Waals surface area contributed by atoms with Crippen LogP contribution in [0.15, 0.2) is 191 Å². The second kappa shape index (κ2) is 12.3. The first-order valence-electron chi connectivity index (χ1n) is 19.0. The minimum atomic E-state index is 0.584. The van der Waals surface area contributed by atoms with Gasteiger partial charge in [-0.2, -0.15) is 0 Å². The van der Waals surface area contributed by atoms with Crippen LogP contribution in [0.1, 0.15) is 0 Å². The molecule has 266 valence electrons. The summed E-state index contributed by atoms with van der Waals surface area (Å²) in [6.45, 7) is 0. The van der Waals surface area contributed by atoms with Gasteiger partial charge in [0.25, 0.3) is 0 Å². The number of fused-ring (bicyclic) bond motifs is 9. The van der Waals surface area contributed by atoms with Crippen molar-refractivity contribution in [3.8, 4) is 51.0 Å². The van der Waals surface area contributed by atoms with E-state index in [2.05, 4.69) is 108 Å². The molecule has 6 heteroatoms. The van der Waals surface area contributed by atoms with Gasteiger partial charge in [-0.05, 0) is 59.7 Å². The maximum absolute atomic E-state index is 6.55. The van der Waals surface area contributed by atoms with Gasteiger partial charge in [0.15, 0.2) is 17.5 Å². The first kappa shape index (κ1) is 31.5. The number of furan rings is 2. The van der Waals surface area contributed by atoms with Crippen molar-refractivity contribution in [2.75, 3.05) is 0 Å². The summed E-state index contributed by atoms with van der Waals surface area (Å²) in [5, 5.41) is 6.47. The second-order valence-electron chi connectivity index (χ2n) is 14.4. The van der Waals surface area contributed by atoms with Crippen LogP contribution < -0.4 is 0 Å². The lowest BCUT2D eigenvalue weighted by Crippen LogP contribution is -2.00. The largest absolute Gasteiger partial charge is 0.456 e. The van der Waals surface area contributed by atoms with Gasteiger partial charge in [0.05, 0.1) is 11.0 Å². The Kier molecular flexibility index (Phi) is 6.83. The first-order chi connectivity index (χ1) is 28.2. The first-order valence-corrected chi connectivity index (χ1v) is 19.0. The Morgan fingerprint density at radius 1 is 0.333 bits per heavy atom. The minimum Gasteiger partial charge on any atom is -0.456 e. The van der Waals surface area contributed by atoms with E-state index < -0.39 is 0 Å². The molecule has 8 aromatic carbocycles. The molecule has 0 aliphatic carbocycles. The lowest BCUT2D eigenvalue weighted by atomic mass is 10.0. The molecule has 0 aliphatic heterocycles. The van der Waals surface area contributed by atoms with Gasteiger partial charge in [0.2, 0.25) is 0 Å². The van der Waals surface area contributed by atoms with Crippen molar-refractivity contribution in [2.24, 2.45) is 0 Å². The fourth-order valence-corrected chi connectivity index (χ4v) is 8.40. The van der Waals surface area contributed by atoms with Crippen LogP contribution in [0.2, 0.25) is 0 Å². The number of aromatic nitrogens is 4. The van der Waals surface area contributed by atoms with Gasteiger partial charge in [-0.25, -0.2) is 15.0 Å². The number of hydrogen-bond acceptors (Lipinski definition) is 5. The molecule has 0 N–H and O–H groups in total. The number of rotatable bonds is 5. The lowest BCUT2D eigenvalue weighted by molar-refractivity contribution is 0.668. The number of nitrogens with zero attached hydrogens (tertiary/aromatic N) is 4. The Morgan fingerprint density at radius 2 is 0.947 bits per heavy atom. The molecule has 12 rings (SSSR count). The molecule has 0 unspecified atom stereocenters. The van der Waals surface area contributed by atoms with Crippen molar-refractivity contribution >= 4 is 65.7 Å². The molecule has 0 bridgehead atoms. The molecule has 0 spiro atoms. The highest BCUT2D eigenvalue weighted by atomic mass is 16.3. The van der Waals surface area contributed by atoms with Crippen LogP contribution in [0.5, 0.6) is 0 Å². The van der Waals surface area contributed by atoms with Crippen LogP contribution in [0.25, 0.3) is 117 Å². The normalized spacial score (nSPS) is 11.9. The number of para-hydroxylation sites is 1. The zero-order valence-corrected chi connectivity index (χ0v) is 30.4. The predicted octanol–water partition coefficient (Wildman–Crippen LogP) is 13.4. The van der Waals surface area contributed by atoms with E-state index in [-0.39, 0.29) is 0 Å². The lowest BCUT2D eigenvalue weighted by Gasteiger charge is -2.10. The zero-order chi connectivity index (χ0) is 37.5. The molecule has 0 saturated carbocycles. The van der Waals surface area contributed by atoms with Gasteiger partial charge in [0.1, 0.15) is 22.3 Å². The summed E-state index contributed by atoms with van der Waals surface area (Å²) in [6, 6.07) is 62.7. The van der Waals surface area contributed by atoms with Crippen molar-refractivity contribution in [1.82, 2.24) is 19.5 Å². The third-order valence-corrected chi connectivity index (χ3v) is 11.0. The molecule has 0 aliphatic rings. The average molecular weight is 731 g/mol. The molecule has 12 aromatic rings. The Labute approximate surface area is 325 Å². The third-order valence-electron chi connectivity index (χ3n) is 11.0. The molecular formula is C51H30N4O2. The summed E-state index contributed by atoms with van der Waals surface area (Å²) in [5.74, 6) is 1.81. The summed E-state index contributed by atoms with van der Waals surface area (Å²) in [5.41, 5.74) is 11.5. The SMILES string of the molecule is c1ccc(-c2ccc3oc4cc5c(cc4c3c2)c2ccccc2n5-c2ccc3oc4cccc(-c5nc(-c6ccccc6)nc(-c6ccccc6)n5)c4c3c2)cc1. The van der Waals surface area contributed by atoms with Gasteiger partial charge in [0, 0.05) is 60.8 Å². The monoisotopic (exact) mass is 730 g/mol. The highest BCUT2D eigenvalue weighted by Gasteiger charge is 2.21.